The monoisotopic (exact) mass is 276 g/mol. The van der Waals surface area contributed by atoms with Gasteiger partial charge in [0.15, 0.2) is 9.84 Å². The number of hydrogen-bond donors (Lipinski definition) is 2. The predicted molar refractivity (Wildman–Crippen MR) is 71.3 cm³/mol. The first-order valence-corrected chi connectivity index (χ1v) is 8.55. The van der Waals surface area contributed by atoms with Gasteiger partial charge < -0.3 is 10.4 Å². The zero-order valence-electron chi connectivity index (χ0n) is 11.2. The molecule has 2 heterocycles. The van der Waals surface area contributed by atoms with Gasteiger partial charge in [-0.2, -0.15) is 0 Å². The Bertz CT molecular complexity index is 385. The van der Waals surface area contributed by atoms with Gasteiger partial charge in [0.25, 0.3) is 0 Å². The van der Waals surface area contributed by atoms with Crippen molar-refractivity contribution in [3.63, 3.8) is 0 Å². The largest absolute Gasteiger partial charge is 0.390 e. The van der Waals surface area contributed by atoms with Crippen LogP contribution in [0.15, 0.2) is 0 Å². The molecule has 4 unspecified atom stereocenters. The Labute approximate surface area is 109 Å². The molecule has 2 saturated heterocycles. The van der Waals surface area contributed by atoms with Crippen LogP contribution in [0.1, 0.15) is 19.8 Å². The summed E-state index contributed by atoms with van der Waals surface area (Å²) in [6, 6.07) is 0.241. The molecule has 2 N–H and O–H groups in total. The van der Waals surface area contributed by atoms with Crippen molar-refractivity contribution in [2.75, 3.05) is 31.6 Å². The first-order valence-electron chi connectivity index (χ1n) is 6.73. The third-order valence-electron chi connectivity index (χ3n) is 4.41. The number of nitrogens with zero attached hydrogens (tertiary/aromatic N) is 1. The Balaban J connectivity index is 2.01. The highest BCUT2D eigenvalue weighted by molar-refractivity contribution is 7.91. The maximum Gasteiger partial charge on any atom is 0.154 e. The molecule has 6 heteroatoms. The van der Waals surface area contributed by atoms with Crippen molar-refractivity contribution in [3.8, 4) is 0 Å². The first kappa shape index (κ1) is 14.2. The SMILES string of the molecule is CNC(C)C1CCCN(C2CS(=O)(=O)CC2O)C1. The first-order chi connectivity index (χ1) is 8.43. The minimum Gasteiger partial charge on any atom is -0.390 e. The molecule has 0 spiro atoms. The Hall–Kier alpha value is -0.170. The van der Waals surface area contributed by atoms with Crippen molar-refractivity contribution in [1.29, 1.82) is 0 Å². The third-order valence-corrected chi connectivity index (χ3v) is 6.11. The second-order valence-electron chi connectivity index (χ2n) is 5.69. The standard InChI is InChI=1S/C12H24N2O3S/c1-9(13-2)10-4-3-5-14(6-10)11-7-18(16,17)8-12(11)15/h9-13,15H,3-8H2,1-2H3. The fraction of sp³-hybridized carbons (Fsp3) is 1.00. The lowest BCUT2D eigenvalue weighted by atomic mass is 9.90. The highest BCUT2D eigenvalue weighted by atomic mass is 32.2. The van der Waals surface area contributed by atoms with Crippen molar-refractivity contribution >= 4 is 9.84 Å². The molecular formula is C12H24N2O3S. The molecule has 5 nitrogen and oxygen atoms in total. The summed E-state index contributed by atoms with van der Waals surface area (Å²) in [5.41, 5.74) is 0. The molecule has 0 aliphatic carbocycles. The molecule has 0 amide bonds. The van der Waals surface area contributed by atoms with Gasteiger partial charge in [0.2, 0.25) is 0 Å². The molecule has 0 aromatic rings. The zero-order chi connectivity index (χ0) is 13.3. The summed E-state index contributed by atoms with van der Waals surface area (Å²) in [6.45, 7) is 3.96. The summed E-state index contributed by atoms with van der Waals surface area (Å²) in [4.78, 5) is 2.18. The number of rotatable bonds is 3. The number of aliphatic hydroxyl groups is 1. The van der Waals surface area contributed by atoms with Crippen LogP contribution in [0.4, 0.5) is 0 Å². The van der Waals surface area contributed by atoms with E-state index in [9.17, 15) is 13.5 Å². The van der Waals surface area contributed by atoms with Gasteiger partial charge in [-0.05, 0) is 39.3 Å². The van der Waals surface area contributed by atoms with E-state index in [2.05, 4.69) is 17.1 Å². The highest BCUT2D eigenvalue weighted by Gasteiger charge is 2.41. The average molecular weight is 276 g/mol. The van der Waals surface area contributed by atoms with E-state index >= 15 is 0 Å². The fourth-order valence-electron chi connectivity index (χ4n) is 3.14. The molecule has 106 valence electrons. The van der Waals surface area contributed by atoms with Crippen molar-refractivity contribution in [2.45, 2.75) is 38.0 Å². The molecule has 2 fully saturated rings. The van der Waals surface area contributed by atoms with Crippen LogP contribution in [0.5, 0.6) is 0 Å². The topological polar surface area (TPSA) is 69.6 Å². The van der Waals surface area contributed by atoms with E-state index < -0.39 is 15.9 Å². The molecule has 0 radical (unpaired) electrons. The number of aliphatic hydroxyl groups excluding tert-OH is 1. The Morgan fingerprint density at radius 3 is 2.67 bits per heavy atom. The van der Waals surface area contributed by atoms with Crippen LogP contribution in [0.3, 0.4) is 0 Å². The van der Waals surface area contributed by atoms with Gasteiger partial charge in [-0.1, -0.05) is 0 Å². The number of nitrogens with one attached hydrogen (secondary N) is 1. The van der Waals surface area contributed by atoms with Crippen LogP contribution in [0, 0.1) is 5.92 Å². The highest BCUT2D eigenvalue weighted by Crippen LogP contribution is 2.26. The van der Waals surface area contributed by atoms with Crippen LogP contribution in [-0.4, -0.2) is 68.3 Å². The van der Waals surface area contributed by atoms with E-state index in [1.54, 1.807) is 0 Å². The lowest BCUT2D eigenvalue weighted by Gasteiger charge is -2.39. The Kier molecular flexibility index (Phi) is 4.31. The molecular weight excluding hydrogens is 252 g/mol. The van der Waals surface area contributed by atoms with E-state index in [4.69, 9.17) is 0 Å². The summed E-state index contributed by atoms with van der Waals surface area (Å²) < 4.78 is 23.1. The molecule has 0 aromatic heterocycles. The van der Waals surface area contributed by atoms with Crippen LogP contribution < -0.4 is 5.32 Å². The minimum atomic E-state index is -3.04. The summed E-state index contributed by atoms with van der Waals surface area (Å²) in [5, 5.41) is 13.2. The maximum atomic E-state index is 11.6. The Morgan fingerprint density at radius 2 is 2.11 bits per heavy atom. The van der Waals surface area contributed by atoms with Crippen LogP contribution >= 0.6 is 0 Å². The molecule has 0 aromatic carbocycles. The van der Waals surface area contributed by atoms with Crippen LogP contribution in [0.25, 0.3) is 0 Å². The zero-order valence-corrected chi connectivity index (χ0v) is 12.0. The number of sulfone groups is 1. The van der Waals surface area contributed by atoms with Gasteiger partial charge >= 0.3 is 0 Å². The second kappa shape index (κ2) is 5.45. The smallest absolute Gasteiger partial charge is 0.154 e. The van der Waals surface area contributed by atoms with Crippen LogP contribution in [-0.2, 0) is 9.84 Å². The molecule has 2 aliphatic heterocycles. The van der Waals surface area contributed by atoms with Crippen molar-refractivity contribution in [1.82, 2.24) is 10.2 Å². The van der Waals surface area contributed by atoms with Crippen molar-refractivity contribution < 1.29 is 13.5 Å². The second-order valence-corrected chi connectivity index (χ2v) is 7.84. The van der Waals surface area contributed by atoms with Gasteiger partial charge in [0, 0.05) is 12.6 Å². The molecule has 18 heavy (non-hydrogen) atoms. The number of piperidine rings is 1. The molecule has 2 rings (SSSR count). The number of likely N-dealkylation sites (tertiary alicyclic amines) is 1. The van der Waals surface area contributed by atoms with Gasteiger partial charge in [-0.15, -0.1) is 0 Å². The van der Waals surface area contributed by atoms with E-state index in [1.165, 1.54) is 6.42 Å². The molecule has 0 saturated carbocycles. The van der Waals surface area contributed by atoms with Gasteiger partial charge in [-0.25, -0.2) is 8.42 Å². The van der Waals surface area contributed by atoms with E-state index in [-0.39, 0.29) is 17.5 Å². The van der Waals surface area contributed by atoms with E-state index in [0.717, 1.165) is 19.5 Å². The predicted octanol–water partition coefficient (Wildman–Crippen LogP) is -0.536. The third kappa shape index (κ3) is 3.04. The maximum absolute atomic E-state index is 11.6. The van der Waals surface area contributed by atoms with E-state index in [0.29, 0.717) is 12.0 Å². The summed E-state index contributed by atoms with van der Waals surface area (Å²) in [7, 11) is -1.09. The Morgan fingerprint density at radius 1 is 1.39 bits per heavy atom. The lowest BCUT2D eigenvalue weighted by molar-refractivity contribution is 0.0476. The molecule has 2 aliphatic rings. The summed E-state index contributed by atoms with van der Waals surface area (Å²) in [5.74, 6) is 0.592. The number of hydrogen-bond acceptors (Lipinski definition) is 5. The van der Waals surface area contributed by atoms with Gasteiger partial charge in [-0.3, -0.25) is 4.90 Å². The van der Waals surface area contributed by atoms with Crippen molar-refractivity contribution in [2.24, 2.45) is 5.92 Å². The van der Waals surface area contributed by atoms with Gasteiger partial charge in [0.1, 0.15) is 0 Å². The van der Waals surface area contributed by atoms with E-state index in [1.807, 2.05) is 7.05 Å². The van der Waals surface area contributed by atoms with Crippen molar-refractivity contribution in [3.05, 3.63) is 0 Å². The quantitative estimate of drug-likeness (QED) is 0.725. The van der Waals surface area contributed by atoms with Crippen LogP contribution in [0.2, 0.25) is 0 Å². The molecule has 0 bridgehead atoms. The molecule has 4 atom stereocenters. The summed E-state index contributed by atoms with van der Waals surface area (Å²) >= 11 is 0. The normalized spacial score (nSPS) is 38.7. The fourth-order valence-corrected chi connectivity index (χ4v) is 4.98. The average Bonchev–Trinajstić information content (AvgIpc) is 2.62. The minimum absolute atomic E-state index is 0.0690. The lowest BCUT2D eigenvalue weighted by Crippen LogP contribution is -2.51. The summed E-state index contributed by atoms with van der Waals surface area (Å²) in [6.07, 6.45) is 1.55. The van der Waals surface area contributed by atoms with Gasteiger partial charge in [0.05, 0.1) is 23.7 Å².